The molecule has 0 bridgehead atoms. The van der Waals surface area contributed by atoms with Crippen LogP contribution in [0.25, 0.3) is 0 Å². The zero-order chi connectivity index (χ0) is 12.3. The molecule has 0 aromatic rings. The molecule has 1 aliphatic heterocycles. The summed E-state index contributed by atoms with van der Waals surface area (Å²) in [7, 11) is 0. The van der Waals surface area contributed by atoms with Gasteiger partial charge in [0.1, 0.15) is 0 Å². The molecule has 0 aromatic heterocycles. The van der Waals surface area contributed by atoms with Crippen molar-refractivity contribution in [2.75, 3.05) is 6.61 Å². The third-order valence-electron chi connectivity index (χ3n) is 2.97. The molecule has 0 spiro atoms. The van der Waals surface area contributed by atoms with E-state index in [1.54, 1.807) is 0 Å². The Bertz CT molecular complexity index is 266. The molecule has 0 radical (unpaired) electrons. The van der Waals surface area contributed by atoms with Gasteiger partial charge in [-0.1, -0.05) is 37.1 Å². The number of hydrogen-bond acceptors (Lipinski definition) is 2. The lowest BCUT2D eigenvalue weighted by molar-refractivity contribution is -0.146. The molecule has 1 unspecified atom stereocenters. The molecule has 0 aliphatic carbocycles. The van der Waals surface area contributed by atoms with Crippen LogP contribution in [0.1, 0.15) is 51.9 Å². The van der Waals surface area contributed by atoms with Crippen LogP contribution in [0.5, 0.6) is 0 Å². The monoisotopic (exact) mass is 236 g/mol. The molecule has 2 nitrogen and oxygen atoms in total. The van der Waals surface area contributed by atoms with Crippen molar-refractivity contribution in [3.63, 3.8) is 0 Å². The number of carbonyl (C=O) groups is 1. The molecule has 1 heterocycles. The molecule has 1 rings (SSSR count). The van der Waals surface area contributed by atoms with E-state index in [-0.39, 0.29) is 11.9 Å². The SMILES string of the molecule is CC1/C=C/CC/C=C\CCCCCCOC1=O. The zero-order valence-corrected chi connectivity index (χ0v) is 10.9. The molecule has 0 fully saturated rings. The minimum Gasteiger partial charge on any atom is -0.465 e. The predicted molar refractivity (Wildman–Crippen MR) is 70.7 cm³/mol. The molecule has 0 saturated carbocycles. The summed E-state index contributed by atoms with van der Waals surface area (Å²) in [5.41, 5.74) is 0. The van der Waals surface area contributed by atoms with E-state index in [0.29, 0.717) is 6.61 Å². The Balaban J connectivity index is 2.39. The molecule has 1 aliphatic rings. The number of rotatable bonds is 0. The van der Waals surface area contributed by atoms with E-state index in [9.17, 15) is 4.79 Å². The summed E-state index contributed by atoms with van der Waals surface area (Å²) in [6.07, 6.45) is 16.4. The third-order valence-corrected chi connectivity index (χ3v) is 2.97. The normalized spacial score (nSPS) is 28.5. The van der Waals surface area contributed by atoms with Crippen molar-refractivity contribution in [3.8, 4) is 0 Å². The van der Waals surface area contributed by atoms with E-state index in [0.717, 1.165) is 25.7 Å². The van der Waals surface area contributed by atoms with E-state index in [4.69, 9.17) is 4.74 Å². The molecule has 0 N–H and O–H groups in total. The molecular formula is C15H24O2. The summed E-state index contributed by atoms with van der Waals surface area (Å²) in [6, 6.07) is 0. The number of esters is 1. The van der Waals surface area contributed by atoms with Gasteiger partial charge in [0.2, 0.25) is 0 Å². The topological polar surface area (TPSA) is 26.3 Å². The molecular weight excluding hydrogens is 212 g/mol. The van der Waals surface area contributed by atoms with E-state index in [1.165, 1.54) is 19.3 Å². The first-order valence-corrected chi connectivity index (χ1v) is 6.79. The smallest absolute Gasteiger partial charge is 0.312 e. The molecule has 0 saturated heterocycles. The van der Waals surface area contributed by atoms with Crippen molar-refractivity contribution in [1.29, 1.82) is 0 Å². The first-order valence-electron chi connectivity index (χ1n) is 6.79. The van der Waals surface area contributed by atoms with Crippen molar-refractivity contribution in [1.82, 2.24) is 0 Å². The van der Waals surface area contributed by atoms with Gasteiger partial charge in [0, 0.05) is 0 Å². The fourth-order valence-electron chi connectivity index (χ4n) is 1.83. The van der Waals surface area contributed by atoms with E-state index >= 15 is 0 Å². The number of allylic oxidation sites excluding steroid dienone is 3. The lowest BCUT2D eigenvalue weighted by Gasteiger charge is -2.07. The molecule has 96 valence electrons. The summed E-state index contributed by atoms with van der Waals surface area (Å²) in [4.78, 5) is 11.6. The first-order chi connectivity index (χ1) is 8.30. The molecule has 17 heavy (non-hydrogen) atoms. The average Bonchev–Trinajstić information content (AvgIpc) is 2.34. The summed E-state index contributed by atoms with van der Waals surface area (Å²) >= 11 is 0. The second-order valence-electron chi connectivity index (χ2n) is 4.64. The van der Waals surface area contributed by atoms with Gasteiger partial charge in [-0.05, 0) is 39.0 Å². The van der Waals surface area contributed by atoms with Crippen LogP contribution in [0, 0.1) is 5.92 Å². The van der Waals surface area contributed by atoms with Gasteiger partial charge in [0.15, 0.2) is 0 Å². The van der Waals surface area contributed by atoms with Crippen LogP contribution in [0.3, 0.4) is 0 Å². The van der Waals surface area contributed by atoms with Crippen molar-refractivity contribution in [3.05, 3.63) is 24.3 Å². The van der Waals surface area contributed by atoms with Crippen LogP contribution in [-0.4, -0.2) is 12.6 Å². The Morgan fingerprint density at radius 1 is 1.00 bits per heavy atom. The molecule has 2 heteroatoms. The minimum atomic E-state index is -0.107. The maximum atomic E-state index is 11.6. The average molecular weight is 236 g/mol. The van der Waals surface area contributed by atoms with Crippen molar-refractivity contribution < 1.29 is 9.53 Å². The highest BCUT2D eigenvalue weighted by Crippen LogP contribution is 2.08. The number of ether oxygens (including phenoxy) is 1. The van der Waals surface area contributed by atoms with Crippen molar-refractivity contribution >= 4 is 5.97 Å². The summed E-state index contributed by atoms with van der Waals surface area (Å²) in [5.74, 6) is -0.198. The fourth-order valence-corrected chi connectivity index (χ4v) is 1.83. The zero-order valence-electron chi connectivity index (χ0n) is 10.9. The summed E-state index contributed by atoms with van der Waals surface area (Å²) < 4.78 is 5.22. The van der Waals surface area contributed by atoms with Crippen LogP contribution < -0.4 is 0 Å². The van der Waals surface area contributed by atoms with E-state index < -0.39 is 0 Å². The molecule has 0 aromatic carbocycles. The van der Waals surface area contributed by atoms with Crippen molar-refractivity contribution in [2.45, 2.75) is 51.9 Å². The Kier molecular flexibility index (Phi) is 7.44. The minimum absolute atomic E-state index is 0.0911. The third kappa shape index (κ3) is 6.98. The van der Waals surface area contributed by atoms with Crippen LogP contribution in [0.4, 0.5) is 0 Å². The lowest BCUT2D eigenvalue weighted by Crippen LogP contribution is -2.13. The van der Waals surface area contributed by atoms with E-state index in [1.807, 2.05) is 13.0 Å². The van der Waals surface area contributed by atoms with E-state index in [2.05, 4.69) is 18.2 Å². The lowest BCUT2D eigenvalue weighted by atomic mass is 10.1. The number of carbonyl (C=O) groups excluding carboxylic acids is 1. The van der Waals surface area contributed by atoms with Gasteiger partial charge in [0.25, 0.3) is 0 Å². The Morgan fingerprint density at radius 3 is 2.59 bits per heavy atom. The molecule has 0 amide bonds. The highest BCUT2D eigenvalue weighted by atomic mass is 16.5. The van der Waals surface area contributed by atoms with Crippen molar-refractivity contribution in [2.24, 2.45) is 5.92 Å². The quantitative estimate of drug-likeness (QED) is 0.469. The Hall–Kier alpha value is -1.05. The second kappa shape index (κ2) is 9.03. The van der Waals surface area contributed by atoms with Gasteiger partial charge < -0.3 is 4.74 Å². The highest BCUT2D eigenvalue weighted by Gasteiger charge is 2.10. The first kappa shape index (κ1) is 14.0. The largest absolute Gasteiger partial charge is 0.465 e. The standard InChI is InChI=1S/C15H24O2/c1-14-12-10-8-6-4-2-3-5-7-9-11-13-17-15(14)16/h2,4,10,12,14H,3,5-9,11,13H2,1H3/b4-2-,12-10+. The van der Waals surface area contributed by atoms with Gasteiger partial charge >= 0.3 is 5.97 Å². The van der Waals surface area contributed by atoms with Gasteiger partial charge in [0.05, 0.1) is 12.5 Å². The Morgan fingerprint density at radius 2 is 1.71 bits per heavy atom. The Labute approximate surface area is 105 Å². The molecule has 1 atom stereocenters. The van der Waals surface area contributed by atoms with Gasteiger partial charge in [-0.3, -0.25) is 4.79 Å². The van der Waals surface area contributed by atoms with Crippen LogP contribution in [0.2, 0.25) is 0 Å². The maximum absolute atomic E-state index is 11.6. The predicted octanol–water partition coefficient (Wildman–Crippen LogP) is 4.02. The van der Waals surface area contributed by atoms with Gasteiger partial charge in [-0.25, -0.2) is 0 Å². The van der Waals surface area contributed by atoms with Gasteiger partial charge in [-0.2, -0.15) is 0 Å². The number of cyclic esters (lactones) is 1. The number of hydrogen-bond donors (Lipinski definition) is 0. The van der Waals surface area contributed by atoms with Gasteiger partial charge in [-0.15, -0.1) is 0 Å². The second-order valence-corrected chi connectivity index (χ2v) is 4.64. The summed E-state index contributed by atoms with van der Waals surface area (Å²) in [5, 5.41) is 0. The van der Waals surface area contributed by atoms with Crippen LogP contribution in [-0.2, 0) is 9.53 Å². The van der Waals surface area contributed by atoms with Crippen LogP contribution >= 0.6 is 0 Å². The maximum Gasteiger partial charge on any atom is 0.312 e. The van der Waals surface area contributed by atoms with Crippen LogP contribution in [0.15, 0.2) is 24.3 Å². The fraction of sp³-hybridized carbons (Fsp3) is 0.667. The summed E-state index contributed by atoms with van der Waals surface area (Å²) in [6.45, 7) is 2.47. The highest BCUT2D eigenvalue weighted by molar-refractivity contribution is 5.73.